The van der Waals surface area contributed by atoms with E-state index in [4.69, 9.17) is 4.74 Å². The lowest BCUT2D eigenvalue weighted by atomic mass is 10.0. The van der Waals surface area contributed by atoms with Gasteiger partial charge >= 0.3 is 0 Å². The molecule has 2 unspecified atom stereocenters. The molecule has 2 amide bonds. The maximum Gasteiger partial charge on any atom is 0.251 e. The Balaban J connectivity index is 2.03. The van der Waals surface area contributed by atoms with Gasteiger partial charge in [-0.05, 0) is 5.56 Å². The van der Waals surface area contributed by atoms with Gasteiger partial charge in [-0.3, -0.25) is 9.59 Å². The minimum absolute atomic E-state index is 0.124. The summed E-state index contributed by atoms with van der Waals surface area (Å²) in [6.45, 7) is 1.72. The van der Waals surface area contributed by atoms with E-state index in [1.54, 1.807) is 14.1 Å². The third kappa shape index (κ3) is 4.54. The molecule has 6 heteroatoms. The van der Waals surface area contributed by atoms with Crippen LogP contribution in [0.5, 0.6) is 0 Å². The Morgan fingerprint density at radius 2 is 2.09 bits per heavy atom. The van der Waals surface area contributed by atoms with Crippen LogP contribution in [0.15, 0.2) is 30.3 Å². The van der Waals surface area contributed by atoms with Crippen LogP contribution in [0.2, 0.25) is 0 Å². The molecular formula is C16H23N3O3. The van der Waals surface area contributed by atoms with Crippen LogP contribution in [0.25, 0.3) is 0 Å². The number of carbonyl (C=O) groups is 2. The standard InChI is InChI=1S/C16H23N3O3/c1-19(2)16(21)13(10-12-6-4-3-5-7-12)18-15(20)14-11-17-8-9-22-14/h3-7,13-14,17H,8-11H2,1-2H3,(H,18,20). The third-order valence-corrected chi connectivity index (χ3v) is 3.56. The van der Waals surface area contributed by atoms with E-state index in [1.807, 2.05) is 30.3 Å². The molecule has 0 aliphatic carbocycles. The van der Waals surface area contributed by atoms with Gasteiger partial charge in [0.1, 0.15) is 12.1 Å². The van der Waals surface area contributed by atoms with Crippen molar-refractivity contribution in [2.24, 2.45) is 0 Å². The van der Waals surface area contributed by atoms with E-state index in [1.165, 1.54) is 4.90 Å². The molecule has 1 aromatic carbocycles. The highest BCUT2D eigenvalue weighted by atomic mass is 16.5. The molecule has 1 aliphatic heterocycles. The first-order valence-corrected chi connectivity index (χ1v) is 7.45. The van der Waals surface area contributed by atoms with Crippen LogP contribution in [0.3, 0.4) is 0 Å². The van der Waals surface area contributed by atoms with E-state index < -0.39 is 12.1 Å². The summed E-state index contributed by atoms with van der Waals surface area (Å²) < 4.78 is 5.43. The molecule has 6 nitrogen and oxygen atoms in total. The van der Waals surface area contributed by atoms with E-state index in [0.717, 1.165) is 12.1 Å². The Hall–Kier alpha value is -1.92. The largest absolute Gasteiger partial charge is 0.366 e. The smallest absolute Gasteiger partial charge is 0.251 e. The van der Waals surface area contributed by atoms with Crippen molar-refractivity contribution >= 4 is 11.8 Å². The van der Waals surface area contributed by atoms with Crippen molar-refractivity contribution in [3.8, 4) is 0 Å². The summed E-state index contributed by atoms with van der Waals surface area (Å²) in [6.07, 6.45) is -0.0778. The van der Waals surface area contributed by atoms with E-state index in [0.29, 0.717) is 19.6 Å². The van der Waals surface area contributed by atoms with E-state index >= 15 is 0 Å². The van der Waals surface area contributed by atoms with E-state index in [2.05, 4.69) is 10.6 Å². The highest BCUT2D eigenvalue weighted by molar-refractivity contribution is 5.89. The van der Waals surface area contributed by atoms with Crippen LogP contribution in [-0.2, 0) is 20.7 Å². The number of morpholine rings is 1. The summed E-state index contributed by atoms with van der Waals surface area (Å²) in [6, 6.07) is 9.06. The van der Waals surface area contributed by atoms with Crippen molar-refractivity contribution in [2.45, 2.75) is 18.6 Å². The van der Waals surface area contributed by atoms with Crippen LogP contribution >= 0.6 is 0 Å². The normalized spacial score (nSPS) is 19.3. The van der Waals surface area contributed by atoms with Crippen LogP contribution in [-0.4, -0.2) is 62.7 Å². The molecule has 0 spiro atoms. The predicted molar refractivity (Wildman–Crippen MR) is 83.4 cm³/mol. The SMILES string of the molecule is CN(C)C(=O)C(Cc1ccccc1)NC(=O)C1CNCCO1. The average Bonchev–Trinajstić information content (AvgIpc) is 2.55. The zero-order chi connectivity index (χ0) is 15.9. The highest BCUT2D eigenvalue weighted by Crippen LogP contribution is 2.06. The van der Waals surface area contributed by atoms with Gasteiger partial charge in [-0.2, -0.15) is 0 Å². The molecule has 2 atom stereocenters. The van der Waals surface area contributed by atoms with E-state index in [9.17, 15) is 9.59 Å². The number of amides is 2. The number of benzene rings is 1. The molecule has 0 saturated carbocycles. The molecule has 0 bridgehead atoms. The maximum absolute atomic E-state index is 12.3. The number of nitrogens with one attached hydrogen (secondary N) is 2. The molecule has 0 radical (unpaired) electrons. The van der Waals surface area contributed by atoms with Gasteiger partial charge in [0.05, 0.1) is 6.61 Å². The molecule has 1 aromatic rings. The van der Waals surface area contributed by atoms with Crippen molar-refractivity contribution < 1.29 is 14.3 Å². The molecule has 2 N–H and O–H groups in total. The molecule has 120 valence electrons. The van der Waals surface area contributed by atoms with Gasteiger partial charge in [-0.15, -0.1) is 0 Å². The zero-order valence-electron chi connectivity index (χ0n) is 13.0. The molecule has 1 fully saturated rings. The van der Waals surface area contributed by atoms with E-state index in [-0.39, 0.29) is 11.8 Å². The fourth-order valence-corrected chi connectivity index (χ4v) is 2.36. The van der Waals surface area contributed by atoms with Gasteiger partial charge in [-0.1, -0.05) is 30.3 Å². The molecule has 2 rings (SSSR count). The molecular weight excluding hydrogens is 282 g/mol. The van der Waals surface area contributed by atoms with Crippen molar-refractivity contribution in [1.82, 2.24) is 15.5 Å². The number of likely N-dealkylation sites (N-methyl/N-ethyl adjacent to an activating group) is 1. The van der Waals surface area contributed by atoms with Crippen molar-refractivity contribution in [3.05, 3.63) is 35.9 Å². The van der Waals surface area contributed by atoms with Gasteiger partial charge < -0.3 is 20.3 Å². The van der Waals surface area contributed by atoms with Gasteiger partial charge in [0.25, 0.3) is 5.91 Å². The Morgan fingerprint density at radius 1 is 1.36 bits per heavy atom. The Kier molecular flexibility index (Phi) is 5.91. The monoisotopic (exact) mass is 305 g/mol. The minimum atomic E-state index is -0.588. The highest BCUT2D eigenvalue weighted by Gasteiger charge is 2.28. The molecule has 0 aromatic heterocycles. The molecule has 1 heterocycles. The first kappa shape index (κ1) is 16.5. The fourth-order valence-electron chi connectivity index (χ4n) is 2.36. The van der Waals surface area contributed by atoms with Crippen LogP contribution < -0.4 is 10.6 Å². The topological polar surface area (TPSA) is 70.7 Å². The predicted octanol–water partition coefficient (Wildman–Crippen LogP) is -0.209. The second kappa shape index (κ2) is 7.91. The Bertz CT molecular complexity index is 499. The summed E-state index contributed by atoms with van der Waals surface area (Å²) in [4.78, 5) is 26.1. The minimum Gasteiger partial charge on any atom is -0.366 e. The quantitative estimate of drug-likeness (QED) is 0.790. The molecule has 22 heavy (non-hydrogen) atoms. The summed E-state index contributed by atoms with van der Waals surface area (Å²) in [5.41, 5.74) is 1.01. The number of rotatable bonds is 5. The van der Waals surface area contributed by atoms with Gasteiger partial charge in [0.2, 0.25) is 5.91 Å². The van der Waals surface area contributed by atoms with Crippen molar-refractivity contribution in [1.29, 1.82) is 0 Å². The van der Waals surface area contributed by atoms with Gasteiger partial charge in [-0.25, -0.2) is 0 Å². The zero-order valence-corrected chi connectivity index (χ0v) is 13.0. The van der Waals surface area contributed by atoms with Crippen LogP contribution in [0, 0.1) is 0 Å². The second-order valence-corrected chi connectivity index (χ2v) is 5.55. The number of carbonyl (C=O) groups excluding carboxylic acids is 2. The first-order chi connectivity index (χ1) is 10.6. The third-order valence-electron chi connectivity index (χ3n) is 3.56. The lowest BCUT2D eigenvalue weighted by Crippen LogP contribution is -2.54. The van der Waals surface area contributed by atoms with Gasteiger partial charge in [0, 0.05) is 33.6 Å². The van der Waals surface area contributed by atoms with Crippen LogP contribution in [0.4, 0.5) is 0 Å². The summed E-state index contributed by atoms with van der Waals surface area (Å²) in [7, 11) is 3.37. The molecule has 1 aliphatic rings. The number of hydrogen-bond donors (Lipinski definition) is 2. The molecule has 1 saturated heterocycles. The second-order valence-electron chi connectivity index (χ2n) is 5.55. The summed E-state index contributed by atoms with van der Waals surface area (Å²) in [5, 5.41) is 5.93. The fraction of sp³-hybridized carbons (Fsp3) is 0.500. The maximum atomic E-state index is 12.3. The van der Waals surface area contributed by atoms with Crippen molar-refractivity contribution in [2.75, 3.05) is 33.8 Å². The number of ether oxygens (including phenoxy) is 1. The first-order valence-electron chi connectivity index (χ1n) is 7.45. The van der Waals surface area contributed by atoms with Crippen LogP contribution in [0.1, 0.15) is 5.56 Å². The average molecular weight is 305 g/mol. The number of hydrogen-bond acceptors (Lipinski definition) is 4. The lowest BCUT2D eigenvalue weighted by Gasteiger charge is -2.27. The Morgan fingerprint density at radius 3 is 2.68 bits per heavy atom. The van der Waals surface area contributed by atoms with Gasteiger partial charge in [0.15, 0.2) is 0 Å². The van der Waals surface area contributed by atoms with Crippen molar-refractivity contribution in [3.63, 3.8) is 0 Å². The number of nitrogens with zero attached hydrogens (tertiary/aromatic N) is 1. The lowest BCUT2D eigenvalue weighted by molar-refractivity contribution is -0.140. The summed E-state index contributed by atoms with van der Waals surface area (Å²) in [5.74, 6) is -0.371. The summed E-state index contributed by atoms with van der Waals surface area (Å²) >= 11 is 0. The Labute approximate surface area is 130 Å².